The van der Waals surface area contributed by atoms with Crippen molar-refractivity contribution < 1.29 is 14.3 Å². The Morgan fingerprint density at radius 3 is 2.75 bits per heavy atom. The summed E-state index contributed by atoms with van der Waals surface area (Å²) >= 11 is 0. The van der Waals surface area contributed by atoms with E-state index in [2.05, 4.69) is 0 Å². The van der Waals surface area contributed by atoms with Crippen molar-refractivity contribution >= 4 is 0 Å². The maximum absolute atomic E-state index is 9.49. The highest BCUT2D eigenvalue weighted by Crippen LogP contribution is 2.27. The molecule has 0 saturated heterocycles. The fourth-order valence-corrected chi connectivity index (χ4v) is 1.35. The van der Waals surface area contributed by atoms with E-state index in [1.807, 2.05) is 30.3 Å². The molecule has 0 aliphatic heterocycles. The third-order valence-electron chi connectivity index (χ3n) is 2.18. The van der Waals surface area contributed by atoms with Crippen molar-refractivity contribution in [3.05, 3.63) is 54.0 Å². The Bertz CT molecular complexity index is 466. The van der Waals surface area contributed by atoms with E-state index in [0.29, 0.717) is 18.1 Å². The molecule has 0 amide bonds. The SMILES string of the molecule is Cc1cc(OCc2ccccc2)c(O)c[o+]1. The summed E-state index contributed by atoms with van der Waals surface area (Å²) in [6.45, 7) is 2.23. The number of benzene rings is 1. The van der Waals surface area contributed by atoms with Gasteiger partial charge in [-0.1, -0.05) is 30.3 Å². The molecule has 0 saturated carbocycles. The van der Waals surface area contributed by atoms with Gasteiger partial charge in [0, 0.05) is 0 Å². The Hall–Kier alpha value is -2.03. The smallest absolute Gasteiger partial charge is 0.363 e. The second-order valence-corrected chi connectivity index (χ2v) is 3.51. The minimum absolute atomic E-state index is 0.0153. The van der Waals surface area contributed by atoms with Crippen molar-refractivity contribution in [2.75, 3.05) is 0 Å². The monoisotopic (exact) mass is 217 g/mol. The molecule has 16 heavy (non-hydrogen) atoms. The molecule has 3 heteroatoms. The standard InChI is InChI=1S/C13H12O3/c1-10-7-13(12(14)9-15-10)16-8-11-5-3-2-4-6-11/h2-7,9H,8H2,1H3/p+1. The first-order valence-electron chi connectivity index (χ1n) is 5.04. The lowest BCUT2D eigenvalue weighted by atomic mass is 10.2. The van der Waals surface area contributed by atoms with E-state index in [1.54, 1.807) is 13.0 Å². The number of hydrogen-bond acceptors (Lipinski definition) is 2. The third-order valence-corrected chi connectivity index (χ3v) is 2.18. The molecule has 1 N–H and O–H groups in total. The fraction of sp³-hybridized carbons (Fsp3) is 0.154. The first-order chi connectivity index (χ1) is 7.75. The summed E-state index contributed by atoms with van der Waals surface area (Å²) in [5, 5.41) is 9.49. The molecule has 0 aliphatic rings. The predicted octanol–water partition coefficient (Wildman–Crippen LogP) is 3.15. The highest BCUT2D eigenvalue weighted by Gasteiger charge is 2.11. The van der Waals surface area contributed by atoms with Gasteiger partial charge in [-0.3, -0.25) is 0 Å². The zero-order valence-corrected chi connectivity index (χ0v) is 9.01. The van der Waals surface area contributed by atoms with Crippen molar-refractivity contribution in [1.29, 1.82) is 0 Å². The van der Waals surface area contributed by atoms with Crippen LogP contribution in [0.2, 0.25) is 0 Å². The van der Waals surface area contributed by atoms with Crippen LogP contribution in [0.4, 0.5) is 0 Å². The van der Waals surface area contributed by atoms with Gasteiger partial charge in [-0.15, -0.1) is 0 Å². The first-order valence-corrected chi connectivity index (χ1v) is 5.04. The van der Waals surface area contributed by atoms with Gasteiger partial charge in [0.2, 0.25) is 0 Å². The Labute approximate surface area is 93.9 Å². The van der Waals surface area contributed by atoms with Gasteiger partial charge in [0.05, 0.1) is 13.0 Å². The van der Waals surface area contributed by atoms with E-state index < -0.39 is 0 Å². The number of ether oxygens (including phenoxy) is 1. The van der Waals surface area contributed by atoms with Crippen LogP contribution >= 0.6 is 0 Å². The van der Waals surface area contributed by atoms with Gasteiger partial charge in [-0.05, 0) is 5.56 Å². The van der Waals surface area contributed by atoms with Gasteiger partial charge in [-0.2, -0.15) is 0 Å². The van der Waals surface area contributed by atoms with Crippen LogP contribution in [0.15, 0.2) is 47.1 Å². The average molecular weight is 217 g/mol. The van der Waals surface area contributed by atoms with E-state index >= 15 is 0 Å². The quantitative estimate of drug-likeness (QED) is 0.803. The van der Waals surface area contributed by atoms with Gasteiger partial charge in [0.15, 0.2) is 5.75 Å². The molecule has 2 aromatic rings. The topological polar surface area (TPSA) is 40.8 Å². The molecule has 1 aromatic carbocycles. The van der Waals surface area contributed by atoms with E-state index in [9.17, 15) is 5.11 Å². The Morgan fingerprint density at radius 2 is 2.00 bits per heavy atom. The van der Waals surface area contributed by atoms with E-state index in [1.165, 1.54) is 6.26 Å². The number of hydrogen-bond donors (Lipinski definition) is 1. The molecule has 1 heterocycles. The second-order valence-electron chi connectivity index (χ2n) is 3.51. The van der Waals surface area contributed by atoms with Crippen LogP contribution in [-0.4, -0.2) is 5.11 Å². The molecule has 0 unspecified atom stereocenters. The van der Waals surface area contributed by atoms with Crippen molar-refractivity contribution in [3.63, 3.8) is 0 Å². The average Bonchev–Trinajstić information content (AvgIpc) is 2.32. The molecule has 2 rings (SSSR count). The van der Waals surface area contributed by atoms with Crippen LogP contribution in [0.1, 0.15) is 11.3 Å². The minimum Gasteiger partial charge on any atom is -0.498 e. The predicted molar refractivity (Wildman–Crippen MR) is 60.3 cm³/mol. The summed E-state index contributed by atoms with van der Waals surface area (Å²) in [6.07, 6.45) is 1.27. The zero-order valence-electron chi connectivity index (χ0n) is 9.01. The Morgan fingerprint density at radius 1 is 1.25 bits per heavy atom. The van der Waals surface area contributed by atoms with Crippen molar-refractivity contribution in [2.24, 2.45) is 0 Å². The highest BCUT2D eigenvalue weighted by atomic mass is 16.5. The normalized spacial score (nSPS) is 10.1. The molecule has 3 nitrogen and oxygen atoms in total. The van der Waals surface area contributed by atoms with Crippen LogP contribution in [0.5, 0.6) is 11.5 Å². The van der Waals surface area contributed by atoms with Gasteiger partial charge < -0.3 is 9.84 Å². The van der Waals surface area contributed by atoms with Gasteiger partial charge >= 0.3 is 12.0 Å². The second kappa shape index (κ2) is 4.66. The molecule has 0 atom stereocenters. The fourth-order valence-electron chi connectivity index (χ4n) is 1.35. The van der Waals surface area contributed by atoms with Crippen LogP contribution in [0, 0.1) is 6.92 Å². The first kappa shape index (κ1) is 10.5. The lowest BCUT2D eigenvalue weighted by Crippen LogP contribution is -1.95. The molecule has 0 bridgehead atoms. The van der Waals surface area contributed by atoms with Crippen molar-refractivity contribution in [3.8, 4) is 11.5 Å². The van der Waals surface area contributed by atoms with E-state index in [0.717, 1.165) is 5.56 Å². The Balaban J connectivity index is 2.08. The molecule has 82 valence electrons. The van der Waals surface area contributed by atoms with Crippen molar-refractivity contribution in [1.82, 2.24) is 0 Å². The molecule has 0 spiro atoms. The van der Waals surface area contributed by atoms with Crippen LogP contribution < -0.4 is 4.74 Å². The molecule has 0 radical (unpaired) electrons. The van der Waals surface area contributed by atoms with E-state index in [-0.39, 0.29) is 5.75 Å². The summed E-state index contributed by atoms with van der Waals surface area (Å²) in [4.78, 5) is 0. The highest BCUT2D eigenvalue weighted by molar-refractivity contribution is 5.36. The molecule has 1 aromatic heterocycles. The molecular formula is C13H13O3+. The maximum atomic E-state index is 9.49. The summed E-state index contributed by atoms with van der Waals surface area (Å²) in [7, 11) is 0. The summed E-state index contributed by atoms with van der Waals surface area (Å²) in [5.41, 5.74) is 1.06. The summed E-state index contributed by atoms with van der Waals surface area (Å²) < 4.78 is 10.5. The van der Waals surface area contributed by atoms with Gasteiger partial charge in [0.1, 0.15) is 6.61 Å². The largest absolute Gasteiger partial charge is 0.498 e. The summed E-state index contributed by atoms with van der Waals surface area (Å²) in [6, 6.07) is 11.5. The third kappa shape index (κ3) is 2.51. The molecule has 0 fully saturated rings. The van der Waals surface area contributed by atoms with Gasteiger partial charge in [0.25, 0.3) is 5.75 Å². The van der Waals surface area contributed by atoms with Crippen LogP contribution in [0.3, 0.4) is 0 Å². The van der Waals surface area contributed by atoms with Crippen LogP contribution in [-0.2, 0) is 6.61 Å². The molecule has 0 aliphatic carbocycles. The Kier molecular flexibility index (Phi) is 3.05. The zero-order chi connectivity index (χ0) is 11.4. The number of aromatic hydroxyl groups is 1. The minimum atomic E-state index is 0.0153. The lowest BCUT2D eigenvalue weighted by molar-refractivity contribution is 0.281. The maximum Gasteiger partial charge on any atom is 0.363 e. The molecular weight excluding hydrogens is 204 g/mol. The number of rotatable bonds is 3. The lowest BCUT2D eigenvalue weighted by Gasteiger charge is -2.05. The van der Waals surface area contributed by atoms with Crippen molar-refractivity contribution in [2.45, 2.75) is 13.5 Å². The van der Waals surface area contributed by atoms with E-state index in [4.69, 9.17) is 9.15 Å². The summed E-state index contributed by atoms with van der Waals surface area (Å²) in [5.74, 6) is 1.15. The number of aryl methyl sites for hydroxylation is 1. The van der Waals surface area contributed by atoms with Gasteiger partial charge in [-0.25, -0.2) is 4.42 Å². The van der Waals surface area contributed by atoms with Crippen LogP contribution in [0.25, 0.3) is 0 Å².